The first kappa shape index (κ1) is 17.9. The van der Waals surface area contributed by atoms with Gasteiger partial charge in [-0.05, 0) is 26.7 Å². The molecular formula is C14H26N2O4S. The number of carbonyl (C=O) groups excluding carboxylic acids is 2. The minimum Gasteiger partial charge on any atom is -0.342 e. The Morgan fingerprint density at radius 1 is 1.24 bits per heavy atom. The molecule has 3 unspecified atom stereocenters. The molecule has 7 heteroatoms. The first-order chi connectivity index (χ1) is 9.61. The van der Waals surface area contributed by atoms with E-state index in [1.165, 1.54) is 4.90 Å². The van der Waals surface area contributed by atoms with Gasteiger partial charge in [-0.3, -0.25) is 9.59 Å². The maximum Gasteiger partial charge on any atom is 0.246 e. The molecule has 3 atom stereocenters. The van der Waals surface area contributed by atoms with Crippen LogP contribution in [0.25, 0.3) is 0 Å². The van der Waals surface area contributed by atoms with Gasteiger partial charge in [0.25, 0.3) is 0 Å². The molecule has 0 aliphatic carbocycles. The van der Waals surface area contributed by atoms with E-state index < -0.39 is 27.2 Å². The molecule has 0 spiro atoms. The highest BCUT2D eigenvalue weighted by atomic mass is 32.2. The standard InChI is InChI=1S/C14H26N2O4S/c1-6-10(4)12-14(18)16(11(5)13(17)15-12)7-8-21(19,20)9(2)3/h9-12H,6-8H2,1-5H3,(H,15,17). The van der Waals surface area contributed by atoms with Crippen molar-refractivity contribution in [3.63, 3.8) is 0 Å². The molecule has 0 bridgehead atoms. The Balaban J connectivity index is 2.88. The number of hydrogen-bond donors (Lipinski definition) is 1. The van der Waals surface area contributed by atoms with Crippen LogP contribution in [0.1, 0.15) is 41.0 Å². The molecule has 1 aliphatic rings. The summed E-state index contributed by atoms with van der Waals surface area (Å²) < 4.78 is 23.8. The van der Waals surface area contributed by atoms with E-state index in [0.29, 0.717) is 0 Å². The molecule has 0 aromatic rings. The van der Waals surface area contributed by atoms with E-state index in [1.807, 2.05) is 13.8 Å². The van der Waals surface area contributed by atoms with Gasteiger partial charge in [-0.1, -0.05) is 20.3 Å². The van der Waals surface area contributed by atoms with Crippen molar-refractivity contribution in [3.8, 4) is 0 Å². The predicted molar refractivity (Wildman–Crippen MR) is 81.5 cm³/mol. The lowest BCUT2D eigenvalue weighted by molar-refractivity contribution is -0.149. The van der Waals surface area contributed by atoms with E-state index in [0.717, 1.165) is 6.42 Å². The first-order valence-corrected chi connectivity index (χ1v) is 9.15. The lowest BCUT2D eigenvalue weighted by Crippen LogP contribution is -2.64. The summed E-state index contributed by atoms with van der Waals surface area (Å²) in [6.45, 7) is 8.79. The van der Waals surface area contributed by atoms with E-state index in [-0.39, 0.29) is 30.0 Å². The van der Waals surface area contributed by atoms with E-state index in [1.54, 1.807) is 20.8 Å². The van der Waals surface area contributed by atoms with Crippen LogP contribution in [0.4, 0.5) is 0 Å². The van der Waals surface area contributed by atoms with Crippen LogP contribution in [-0.2, 0) is 19.4 Å². The van der Waals surface area contributed by atoms with Crippen LogP contribution in [-0.4, -0.2) is 54.8 Å². The van der Waals surface area contributed by atoms with Crippen LogP contribution in [0.2, 0.25) is 0 Å². The molecule has 1 saturated heterocycles. The highest BCUT2D eigenvalue weighted by molar-refractivity contribution is 7.92. The van der Waals surface area contributed by atoms with Crippen LogP contribution in [0.3, 0.4) is 0 Å². The molecule has 0 aromatic heterocycles. The van der Waals surface area contributed by atoms with Crippen molar-refractivity contribution in [2.75, 3.05) is 12.3 Å². The van der Waals surface area contributed by atoms with Crippen molar-refractivity contribution in [2.45, 2.75) is 58.4 Å². The zero-order valence-corrected chi connectivity index (χ0v) is 14.2. The second-order valence-electron chi connectivity index (χ2n) is 6.00. The Kier molecular flexibility index (Phi) is 5.78. The largest absolute Gasteiger partial charge is 0.342 e. The number of amides is 2. The van der Waals surface area contributed by atoms with Crippen molar-refractivity contribution in [1.29, 1.82) is 0 Å². The quantitative estimate of drug-likeness (QED) is 0.776. The SMILES string of the molecule is CCC(C)C1NC(=O)C(C)N(CCS(=O)(=O)C(C)C)C1=O. The van der Waals surface area contributed by atoms with Gasteiger partial charge in [-0.15, -0.1) is 0 Å². The number of rotatable bonds is 6. The van der Waals surface area contributed by atoms with Gasteiger partial charge in [0.15, 0.2) is 9.84 Å². The second-order valence-corrected chi connectivity index (χ2v) is 8.67. The monoisotopic (exact) mass is 318 g/mol. The smallest absolute Gasteiger partial charge is 0.246 e. The van der Waals surface area contributed by atoms with Crippen LogP contribution >= 0.6 is 0 Å². The van der Waals surface area contributed by atoms with Gasteiger partial charge in [0.05, 0.1) is 11.0 Å². The molecule has 6 nitrogen and oxygen atoms in total. The van der Waals surface area contributed by atoms with Crippen LogP contribution < -0.4 is 5.32 Å². The van der Waals surface area contributed by atoms with Crippen molar-refractivity contribution < 1.29 is 18.0 Å². The van der Waals surface area contributed by atoms with Crippen LogP contribution in [0.5, 0.6) is 0 Å². The van der Waals surface area contributed by atoms with Crippen molar-refractivity contribution in [3.05, 3.63) is 0 Å². The van der Waals surface area contributed by atoms with Gasteiger partial charge in [-0.25, -0.2) is 8.42 Å². The normalized spacial score (nSPS) is 25.1. The summed E-state index contributed by atoms with van der Waals surface area (Å²) in [4.78, 5) is 25.9. The first-order valence-electron chi connectivity index (χ1n) is 7.44. The molecule has 0 radical (unpaired) electrons. The Labute approximate surface area is 127 Å². The topological polar surface area (TPSA) is 83.6 Å². The third-order valence-electron chi connectivity index (χ3n) is 4.24. The molecule has 1 N–H and O–H groups in total. The highest BCUT2D eigenvalue weighted by Crippen LogP contribution is 2.18. The molecule has 1 heterocycles. The predicted octanol–water partition coefficient (Wildman–Crippen LogP) is 0.571. The fourth-order valence-electron chi connectivity index (χ4n) is 2.23. The fraction of sp³-hybridized carbons (Fsp3) is 0.857. The number of piperazine rings is 1. The molecule has 0 saturated carbocycles. The number of carbonyl (C=O) groups is 2. The fourth-order valence-corrected chi connectivity index (χ4v) is 3.16. The van der Waals surface area contributed by atoms with Crippen molar-refractivity contribution >= 4 is 21.7 Å². The van der Waals surface area contributed by atoms with Crippen LogP contribution in [0.15, 0.2) is 0 Å². The van der Waals surface area contributed by atoms with Gasteiger partial charge >= 0.3 is 0 Å². The lowest BCUT2D eigenvalue weighted by atomic mass is 9.94. The highest BCUT2D eigenvalue weighted by Gasteiger charge is 2.40. The van der Waals surface area contributed by atoms with E-state index >= 15 is 0 Å². The maximum absolute atomic E-state index is 12.5. The summed E-state index contributed by atoms with van der Waals surface area (Å²) in [5.74, 6) is -0.489. The third-order valence-corrected chi connectivity index (χ3v) is 6.43. The summed E-state index contributed by atoms with van der Waals surface area (Å²) in [7, 11) is -3.23. The average molecular weight is 318 g/mol. The molecule has 0 aromatic carbocycles. The summed E-state index contributed by atoms with van der Waals surface area (Å²) in [6.07, 6.45) is 0.767. The maximum atomic E-state index is 12.5. The number of hydrogen-bond acceptors (Lipinski definition) is 4. The molecule has 21 heavy (non-hydrogen) atoms. The molecule has 1 aliphatic heterocycles. The van der Waals surface area contributed by atoms with Crippen LogP contribution in [0, 0.1) is 5.92 Å². The number of nitrogens with zero attached hydrogens (tertiary/aromatic N) is 1. The van der Waals surface area contributed by atoms with Gasteiger partial charge in [-0.2, -0.15) is 0 Å². The Morgan fingerprint density at radius 3 is 2.29 bits per heavy atom. The van der Waals surface area contributed by atoms with Crippen molar-refractivity contribution in [2.24, 2.45) is 5.92 Å². The van der Waals surface area contributed by atoms with Crippen molar-refractivity contribution in [1.82, 2.24) is 10.2 Å². The molecular weight excluding hydrogens is 292 g/mol. The van der Waals surface area contributed by atoms with Gasteiger partial charge < -0.3 is 10.2 Å². The number of nitrogens with one attached hydrogen (secondary N) is 1. The Hall–Kier alpha value is -1.11. The molecule has 2 amide bonds. The van der Waals surface area contributed by atoms with E-state index in [2.05, 4.69) is 5.32 Å². The summed E-state index contributed by atoms with van der Waals surface area (Å²) >= 11 is 0. The van der Waals surface area contributed by atoms with Gasteiger partial charge in [0.1, 0.15) is 12.1 Å². The lowest BCUT2D eigenvalue weighted by Gasteiger charge is -2.39. The average Bonchev–Trinajstić information content (AvgIpc) is 2.41. The van der Waals surface area contributed by atoms with Gasteiger partial charge in [0, 0.05) is 6.54 Å². The molecule has 122 valence electrons. The zero-order chi connectivity index (χ0) is 16.4. The summed E-state index contributed by atoms with van der Waals surface area (Å²) in [5, 5.41) is 2.26. The summed E-state index contributed by atoms with van der Waals surface area (Å²) in [6, 6.07) is -1.18. The number of sulfone groups is 1. The summed E-state index contributed by atoms with van der Waals surface area (Å²) in [5.41, 5.74) is 0. The van der Waals surface area contributed by atoms with E-state index in [4.69, 9.17) is 0 Å². The minimum absolute atomic E-state index is 0.0261. The van der Waals surface area contributed by atoms with Gasteiger partial charge in [0.2, 0.25) is 11.8 Å². The van der Waals surface area contributed by atoms with E-state index in [9.17, 15) is 18.0 Å². The molecule has 1 fully saturated rings. The second kappa shape index (κ2) is 6.77. The molecule has 1 rings (SSSR count). The minimum atomic E-state index is -3.23. The zero-order valence-electron chi connectivity index (χ0n) is 13.4. The third kappa shape index (κ3) is 3.96. The Bertz CT molecular complexity index is 501. The Morgan fingerprint density at radius 2 is 1.81 bits per heavy atom.